The summed E-state index contributed by atoms with van der Waals surface area (Å²) in [6.07, 6.45) is 2.00. The van der Waals surface area contributed by atoms with E-state index < -0.39 is 0 Å². The van der Waals surface area contributed by atoms with Gasteiger partial charge < -0.3 is 4.42 Å². The van der Waals surface area contributed by atoms with Crippen LogP contribution in [-0.4, -0.2) is 25.0 Å². The van der Waals surface area contributed by atoms with Crippen molar-refractivity contribution < 1.29 is 8.81 Å². The van der Waals surface area contributed by atoms with Gasteiger partial charge in [-0.15, -0.1) is 15.3 Å². The van der Waals surface area contributed by atoms with Crippen molar-refractivity contribution in [2.75, 3.05) is 0 Å². The lowest BCUT2D eigenvalue weighted by Gasteiger charge is -2.00. The van der Waals surface area contributed by atoms with Crippen LogP contribution in [0.2, 0.25) is 0 Å². The Hall–Kier alpha value is -2.42. The van der Waals surface area contributed by atoms with Crippen LogP contribution < -0.4 is 5.69 Å². The van der Waals surface area contributed by atoms with E-state index >= 15 is 0 Å². The molecular formula is C14H12FN5O2S. The Balaban J connectivity index is 1.48. The number of benzene rings is 1. The molecular weight excluding hydrogens is 321 g/mol. The number of aromatic amines is 1. The van der Waals surface area contributed by atoms with E-state index in [-0.39, 0.29) is 17.5 Å². The van der Waals surface area contributed by atoms with Crippen molar-refractivity contribution >= 4 is 11.8 Å². The third kappa shape index (κ3) is 2.91. The summed E-state index contributed by atoms with van der Waals surface area (Å²) in [5, 5.41) is 15.0. The number of thioether (sulfide) groups is 1. The van der Waals surface area contributed by atoms with Crippen LogP contribution in [-0.2, 0) is 5.75 Å². The Morgan fingerprint density at radius 1 is 1.30 bits per heavy atom. The standard InChI is InChI=1S/C14H12FN5O2S/c15-9-3-1-8(2-4-9)12-17-16-11(22-12)7-23-14-19-18-13(21)20(14)10-5-6-10/h1-4,10H,5-7H2,(H,18,21). The molecule has 4 rings (SSSR count). The highest BCUT2D eigenvalue weighted by atomic mass is 32.2. The number of nitrogens with zero attached hydrogens (tertiary/aromatic N) is 4. The van der Waals surface area contributed by atoms with E-state index in [2.05, 4.69) is 20.4 Å². The Labute approximate surface area is 133 Å². The van der Waals surface area contributed by atoms with Crippen LogP contribution >= 0.6 is 11.8 Å². The monoisotopic (exact) mass is 333 g/mol. The molecule has 2 aromatic heterocycles. The second-order valence-corrected chi connectivity index (χ2v) is 6.15. The molecule has 1 aliphatic rings. The summed E-state index contributed by atoms with van der Waals surface area (Å²) in [6, 6.07) is 6.09. The predicted octanol–water partition coefficient (Wildman–Crippen LogP) is 2.39. The van der Waals surface area contributed by atoms with E-state index in [1.165, 1.54) is 23.9 Å². The third-order valence-electron chi connectivity index (χ3n) is 3.47. The lowest BCUT2D eigenvalue weighted by atomic mass is 10.2. The van der Waals surface area contributed by atoms with Gasteiger partial charge in [-0.2, -0.15) is 0 Å². The first kappa shape index (κ1) is 14.2. The van der Waals surface area contributed by atoms with Gasteiger partial charge in [0, 0.05) is 11.6 Å². The second-order valence-electron chi connectivity index (χ2n) is 5.21. The minimum atomic E-state index is -0.319. The van der Waals surface area contributed by atoms with Gasteiger partial charge in [0.2, 0.25) is 11.8 Å². The largest absolute Gasteiger partial charge is 0.420 e. The van der Waals surface area contributed by atoms with Crippen molar-refractivity contribution in [2.45, 2.75) is 29.8 Å². The van der Waals surface area contributed by atoms with Crippen LogP contribution in [0.25, 0.3) is 11.5 Å². The highest BCUT2D eigenvalue weighted by molar-refractivity contribution is 7.98. The average molecular weight is 333 g/mol. The van der Waals surface area contributed by atoms with Crippen molar-refractivity contribution in [1.29, 1.82) is 0 Å². The second kappa shape index (κ2) is 5.65. The van der Waals surface area contributed by atoms with Crippen molar-refractivity contribution in [3.05, 3.63) is 46.5 Å². The first-order valence-corrected chi connectivity index (χ1v) is 8.07. The fourth-order valence-electron chi connectivity index (χ4n) is 2.19. The zero-order chi connectivity index (χ0) is 15.8. The van der Waals surface area contributed by atoms with Crippen molar-refractivity contribution in [3.63, 3.8) is 0 Å². The molecule has 1 fully saturated rings. The first-order chi connectivity index (χ1) is 11.2. The van der Waals surface area contributed by atoms with Crippen LogP contribution in [0.5, 0.6) is 0 Å². The quantitative estimate of drug-likeness (QED) is 0.721. The van der Waals surface area contributed by atoms with Crippen LogP contribution in [0, 0.1) is 5.82 Å². The van der Waals surface area contributed by atoms with Gasteiger partial charge in [-0.05, 0) is 37.1 Å². The number of rotatable bonds is 5. The molecule has 0 bridgehead atoms. The fraction of sp³-hybridized carbons (Fsp3) is 0.286. The van der Waals surface area contributed by atoms with Gasteiger partial charge in [0.1, 0.15) is 5.82 Å². The van der Waals surface area contributed by atoms with Crippen LogP contribution in [0.15, 0.2) is 38.6 Å². The van der Waals surface area contributed by atoms with E-state index in [1.807, 2.05) is 0 Å². The lowest BCUT2D eigenvalue weighted by molar-refractivity contribution is 0.527. The molecule has 0 spiro atoms. The molecule has 0 radical (unpaired) electrons. The van der Waals surface area contributed by atoms with Gasteiger partial charge in [0.05, 0.1) is 5.75 Å². The van der Waals surface area contributed by atoms with Gasteiger partial charge in [-0.25, -0.2) is 14.3 Å². The molecule has 0 atom stereocenters. The summed E-state index contributed by atoms with van der Waals surface area (Å²) < 4.78 is 20.2. The molecule has 1 aromatic carbocycles. The molecule has 0 amide bonds. The van der Waals surface area contributed by atoms with Gasteiger partial charge in [-0.3, -0.25) is 4.57 Å². The summed E-state index contributed by atoms with van der Waals surface area (Å²) in [5.41, 5.74) is 0.470. The van der Waals surface area contributed by atoms with E-state index in [0.29, 0.717) is 28.3 Å². The minimum absolute atomic E-state index is 0.187. The molecule has 0 unspecified atom stereocenters. The van der Waals surface area contributed by atoms with Crippen molar-refractivity contribution in [3.8, 4) is 11.5 Å². The minimum Gasteiger partial charge on any atom is -0.420 e. The zero-order valence-corrected chi connectivity index (χ0v) is 12.7. The first-order valence-electron chi connectivity index (χ1n) is 7.09. The molecule has 0 aliphatic heterocycles. The highest BCUT2D eigenvalue weighted by Gasteiger charge is 2.28. The Bertz CT molecular complexity index is 881. The lowest BCUT2D eigenvalue weighted by Crippen LogP contribution is -2.16. The van der Waals surface area contributed by atoms with Crippen molar-refractivity contribution in [2.24, 2.45) is 0 Å². The number of nitrogens with one attached hydrogen (secondary N) is 1. The van der Waals surface area contributed by atoms with Gasteiger partial charge in [-0.1, -0.05) is 11.8 Å². The molecule has 2 heterocycles. The third-order valence-corrected chi connectivity index (χ3v) is 4.40. The van der Waals surface area contributed by atoms with E-state index in [4.69, 9.17) is 4.42 Å². The average Bonchev–Trinajstić information content (AvgIpc) is 3.15. The summed E-state index contributed by atoms with van der Waals surface area (Å²) in [6.45, 7) is 0. The van der Waals surface area contributed by atoms with Crippen LogP contribution in [0.4, 0.5) is 4.39 Å². The maximum atomic E-state index is 12.9. The van der Waals surface area contributed by atoms with Crippen LogP contribution in [0.3, 0.4) is 0 Å². The number of H-pyrrole nitrogens is 1. The molecule has 23 heavy (non-hydrogen) atoms. The van der Waals surface area contributed by atoms with Crippen molar-refractivity contribution in [1.82, 2.24) is 25.0 Å². The van der Waals surface area contributed by atoms with Crippen LogP contribution in [0.1, 0.15) is 24.8 Å². The summed E-state index contributed by atoms with van der Waals surface area (Å²) in [7, 11) is 0. The van der Waals surface area contributed by atoms with E-state index in [1.54, 1.807) is 16.7 Å². The predicted molar refractivity (Wildman–Crippen MR) is 80.4 cm³/mol. The topological polar surface area (TPSA) is 89.6 Å². The zero-order valence-electron chi connectivity index (χ0n) is 11.9. The molecule has 0 saturated heterocycles. The molecule has 1 aliphatic carbocycles. The number of aromatic nitrogens is 5. The number of hydrogen-bond donors (Lipinski definition) is 1. The Morgan fingerprint density at radius 3 is 2.83 bits per heavy atom. The van der Waals surface area contributed by atoms with Gasteiger partial charge in [0.25, 0.3) is 0 Å². The molecule has 7 nitrogen and oxygen atoms in total. The fourth-order valence-corrected chi connectivity index (χ4v) is 3.04. The maximum Gasteiger partial charge on any atom is 0.344 e. The van der Waals surface area contributed by atoms with E-state index in [0.717, 1.165) is 12.8 Å². The summed E-state index contributed by atoms with van der Waals surface area (Å²) in [5.74, 6) is 0.848. The maximum absolute atomic E-state index is 12.9. The number of halogens is 1. The van der Waals surface area contributed by atoms with E-state index in [9.17, 15) is 9.18 Å². The smallest absolute Gasteiger partial charge is 0.344 e. The molecule has 118 valence electrons. The Morgan fingerprint density at radius 2 is 2.09 bits per heavy atom. The highest BCUT2D eigenvalue weighted by Crippen LogP contribution is 2.36. The molecule has 9 heteroatoms. The van der Waals surface area contributed by atoms with Gasteiger partial charge >= 0.3 is 5.69 Å². The molecule has 1 saturated carbocycles. The summed E-state index contributed by atoms with van der Waals surface area (Å²) in [4.78, 5) is 11.7. The molecule has 1 N–H and O–H groups in total. The normalized spacial score (nSPS) is 14.3. The number of hydrogen-bond acceptors (Lipinski definition) is 6. The SMILES string of the molecule is O=c1[nH]nc(SCc2nnc(-c3ccc(F)cc3)o2)n1C1CC1. The summed E-state index contributed by atoms with van der Waals surface area (Å²) >= 11 is 1.36. The van der Waals surface area contributed by atoms with Gasteiger partial charge in [0.15, 0.2) is 5.16 Å². The Kier molecular flexibility index (Phi) is 3.49. The molecule has 3 aromatic rings.